The summed E-state index contributed by atoms with van der Waals surface area (Å²) in [5, 5.41) is 16.3. The molecule has 0 spiro atoms. The molecule has 4 heterocycles. The highest BCUT2D eigenvalue weighted by Crippen LogP contribution is 2.26. The van der Waals surface area contributed by atoms with E-state index in [1.165, 1.54) is 22.8 Å². The molecule has 1 aliphatic rings. The Morgan fingerprint density at radius 2 is 1.80 bits per heavy atom. The van der Waals surface area contributed by atoms with Crippen LogP contribution in [0.3, 0.4) is 0 Å². The number of rotatable bonds is 6. The monoisotopic (exact) mass is 496 g/mol. The van der Waals surface area contributed by atoms with Gasteiger partial charge in [-0.05, 0) is 48.0 Å². The van der Waals surface area contributed by atoms with E-state index in [2.05, 4.69) is 40.9 Å². The number of benzene rings is 1. The lowest BCUT2D eigenvalue weighted by molar-refractivity contribution is 0.383. The van der Waals surface area contributed by atoms with Gasteiger partial charge in [0.15, 0.2) is 0 Å². The van der Waals surface area contributed by atoms with Crippen LogP contribution in [0.4, 0.5) is 21.8 Å². The molecular formula is C21H21FN10O2S. The van der Waals surface area contributed by atoms with E-state index in [9.17, 15) is 12.8 Å². The Morgan fingerprint density at radius 1 is 1.00 bits per heavy atom. The van der Waals surface area contributed by atoms with E-state index in [-0.39, 0.29) is 29.4 Å². The summed E-state index contributed by atoms with van der Waals surface area (Å²) in [5.74, 6) is 1.28. The lowest BCUT2D eigenvalue weighted by Gasteiger charge is -2.34. The topological polar surface area (TPSA) is 146 Å². The molecule has 0 saturated carbocycles. The number of anilines is 3. The Morgan fingerprint density at radius 3 is 2.54 bits per heavy atom. The van der Waals surface area contributed by atoms with Crippen molar-refractivity contribution in [2.24, 2.45) is 0 Å². The third-order valence-electron chi connectivity index (χ3n) is 5.55. The minimum absolute atomic E-state index is 0.0154. The Bertz CT molecular complexity index is 1440. The summed E-state index contributed by atoms with van der Waals surface area (Å²) < 4.78 is 42.1. The standard InChI is InChI=1S/C21H21FN10O2S/c1-14-4-5-23-18(10-14)26-19-12-20(25-13-24-19)31-6-8-32(9-7-31)35(33,34)15-2-3-17(22)16(11-15)21-27-29-30-28-21/h2-5,10-13H,6-9H2,1H3,(H,23,24,25,26)(H,27,28,29,30). The van der Waals surface area contributed by atoms with E-state index >= 15 is 0 Å². The zero-order chi connectivity index (χ0) is 24.4. The van der Waals surface area contributed by atoms with Gasteiger partial charge < -0.3 is 10.2 Å². The number of pyridine rings is 1. The smallest absolute Gasteiger partial charge is 0.243 e. The van der Waals surface area contributed by atoms with Crippen LogP contribution in [0.5, 0.6) is 0 Å². The second kappa shape index (κ2) is 9.31. The van der Waals surface area contributed by atoms with Crippen LogP contribution in [0.15, 0.2) is 53.8 Å². The fourth-order valence-corrected chi connectivity index (χ4v) is 5.19. The van der Waals surface area contributed by atoms with Crippen molar-refractivity contribution >= 4 is 27.5 Å². The molecule has 0 unspecified atom stereocenters. The van der Waals surface area contributed by atoms with Gasteiger partial charge in [0.05, 0.1) is 10.5 Å². The molecule has 1 aliphatic heterocycles. The number of nitrogens with zero attached hydrogens (tertiary/aromatic N) is 8. The molecule has 1 fully saturated rings. The molecule has 0 aliphatic carbocycles. The van der Waals surface area contributed by atoms with Crippen LogP contribution in [0.25, 0.3) is 11.4 Å². The average Bonchev–Trinajstić information content (AvgIpc) is 3.39. The van der Waals surface area contributed by atoms with Gasteiger partial charge in [0.2, 0.25) is 15.8 Å². The first-order valence-electron chi connectivity index (χ1n) is 10.7. The van der Waals surface area contributed by atoms with E-state index in [1.807, 2.05) is 24.0 Å². The van der Waals surface area contributed by atoms with Crippen LogP contribution in [0.2, 0.25) is 0 Å². The summed E-state index contributed by atoms with van der Waals surface area (Å²) in [7, 11) is -3.85. The number of halogens is 1. The van der Waals surface area contributed by atoms with Crippen molar-refractivity contribution in [2.45, 2.75) is 11.8 Å². The van der Waals surface area contributed by atoms with Crippen LogP contribution in [0.1, 0.15) is 5.56 Å². The van der Waals surface area contributed by atoms with Gasteiger partial charge in [-0.1, -0.05) is 0 Å². The van der Waals surface area contributed by atoms with Crippen molar-refractivity contribution in [1.29, 1.82) is 0 Å². The van der Waals surface area contributed by atoms with Crippen LogP contribution < -0.4 is 10.2 Å². The maximum Gasteiger partial charge on any atom is 0.243 e. The van der Waals surface area contributed by atoms with Crippen molar-refractivity contribution in [2.75, 3.05) is 36.4 Å². The maximum atomic E-state index is 14.2. The number of hydrogen-bond acceptors (Lipinski definition) is 10. The normalized spacial score (nSPS) is 14.7. The summed E-state index contributed by atoms with van der Waals surface area (Å²) in [6.07, 6.45) is 3.17. The highest BCUT2D eigenvalue weighted by Gasteiger charge is 2.30. The number of aryl methyl sites for hydroxylation is 1. The highest BCUT2D eigenvalue weighted by atomic mass is 32.2. The van der Waals surface area contributed by atoms with E-state index in [0.717, 1.165) is 11.6 Å². The van der Waals surface area contributed by atoms with Crippen molar-refractivity contribution in [3.8, 4) is 11.4 Å². The third kappa shape index (κ3) is 4.79. The third-order valence-corrected chi connectivity index (χ3v) is 7.44. The molecule has 3 aromatic heterocycles. The number of sulfonamides is 1. The van der Waals surface area contributed by atoms with Gasteiger partial charge in [-0.25, -0.2) is 27.8 Å². The number of aromatic amines is 1. The zero-order valence-corrected chi connectivity index (χ0v) is 19.4. The van der Waals surface area contributed by atoms with E-state index < -0.39 is 15.8 Å². The fourth-order valence-electron chi connectivity index (χ4n) is 3.74. The summed E-state index contributed by atoms with van der Waals surface area (Å²) in [5.41, 5.74) is 1.03. The molecule has 1 aromatic carbocycles. The lowest BCUT2D eigenvalue weighted by atomic mass is 10.2. The van der Waals surface area contributed by atoms with Crippen molar-refractivity contribution in [3.05, 3.63) is 60.3 Å². The van der Waals surface area contributed by atoms with E-state index in [1.54, 1.807) is 12.3 Å². The molecule has 0 amide bonds. The van der Waals surface area contributed by atoms with Crippen molar-refractivity contribution in [1.82, 2.24) is 39.9 Å². The second-order valence-corrected chi connectivity index (χ2v) is 9.81. The Hall–Kier alpha value is -4.04. The number of tetrazole rings is 1. The van der Waals surface area contributed by atoms with Gasteiger partial charge >= 0.3 is 0 Å². The SMILES string of the molecule is Cc1ccnc(Nc2cc(N3CCN(S(=O)(=O)c4ccc(F)c(-c5nn[nH]n5)c4)CC3)ncn2)c1. The predicted molar refractivity (Wildman–Crippen MR) is 125 cm³/mol. The number of aromatic nitrogens is 7. The molecule has 0 bridgehead atoms. The molecule has 12 nitrogen and oxygen atoms in total. The van der Waals surface area contributed by atoms with Gasteiger partial charge in [0.25, 0.3) is 0 Å². The first kappa shape index (κ1) is 22.7. The summed E-state index contributed by atoms with van der Waals surface area (Å²) >= 11 is 0. The van der Waals surface area contributed by atoms with Crippen LogP contribution >= 0.6 is 0 Å². The van der Waals surface area contributed by atoms with Gasteiger partial charge in [-0.2, -0.15) is 9.52 Å². The minimum atomic E-state index is -3.85. The summed E-state index contributed by atoms with van der Waals surface area (Å²) in [6.45, 7) is 3.31. The Labute approximate surface area is 200 Å². The zero-order valence-electron chi connectivity index (χ0n) is 18.6. The Kier molecular flexibility index (Phi) is 6.05. The molecule has 2 N–H and O–H groups in total. The highest BCUT2D eigenvalue weighted by molar-refractivity contribution is 7.89. The number of nitrogens with one attached hydrogen (secondary N) is 2. The van der Waals surface area contributed by atoms with Crippen molar-refractivity contribution in [3.63, 3.8) is 0 Å². The van der Waals surface area contributed by atoms with Crippen LogP contribution in [-0.4, -0.2) is 74.5 Å². The van der Waals surface area contributed by atoms with Crippen LogP contribution in [-0.2, 0) is 10.0 Å². The molecule has 14 heteroatoms. The lowest BCUT2D eigenvalue weighted by Crippen LogP contribution is -2.48. The van der Waals surface area contributed by atoms with Gasteiger partial charge in [-0.3, -0.25) is 0 Å². The molecule has 0 atom stereocenters. The quantitative estimate of drug-likeness (QED) is 0.405. The number of piperazine rings is 1. The molecule has 35 heavy (non-hydrogen) atoms. The van der Waals surface area contributed by atoms with Gasteiger partial charge in [0.1, 0.15) is 29.6 Å². The summed E-state index contributed by atoms with van der Waals surface area (Å²) in [6, 6.07) is 9.16. The molecule has 180 valence electrons. The number of H-pyrrole nitrogens is 1. The first-order chi connectivity index (χ1) is 16.9. The second-order valence-electron chi connectivity index (χ2n) is 7.87. The maximum absolute atomic E-state index is 14.2. The number of hydrogen-bond donors (Lipinski definition) is 2. The average molecular weight is 497 g/mol. The van der Waals surface area contributed by atoms with Gasteiger partial charge in [0, 0.05) is 38.4 Å². The Balaban J connectivity index is 1.29. The van der Waals surface area contributed by atoms with E-state index in [0.29, 0.717) is 30.5 Å². The first-order valence-corrected chi connectivity index (χ1v) is 12.1. The summed E-state index contributed by atoms with van der Waals surface area (Å²) in [4.78, 5) is 14.8. The molecule has 5 rings (SSSR count). The largest absolute Gasteiger partial charge is 0.354 e. The predicted octanol–water partition coefficient (Wildman–Crippen LogP) is 1.75. The molecular weight excluding hydrogens is 475 g/mol. The molecule has 1 saturated heterocycles. The molecule has 4 aromatic rings. The van der Waals surface area contributed by atoms with E-state index in [4.69, 9.17) is 0 Å². The fraction of sp³-hybridized carbons (Fsp3) is 0.238. The molecule has 0 radical (unpaired) electrons. The minimum Gasteiger partial charge on any atom is -0.354 e. The van der Waals surface area contributed by atoms with Crippen LogP contribution in [0, 0.1) is 12.7 Å². The van der Waals surface area contributed by atoms with Gasteiger partial charge in [-0.15, -0.1) is 10.2 Å². The van der Waals surface area contributed by atoms with Crippen molar-refractivity contribution < 1.29 is 12.8 Å².